The van der Waals surface area contributed by atoms with Crippen LogP contribution in [0.1, 0.15) is 20.8 Å². The summed E-state index contributed by atoms with van der Waals surface area (Å²) in [5, 5.41) is 3.50. The Morgan fingerprint density at radius 1 is 1.18 bits per heavy atom. The highest BCUT2D eigenvalue weighted by Crippen LogP contribution is 2.34. The van der Waals surface area contributed by atoms with Crippen LogP contribution in [-0.2, 0) is 11.4 Å². The first kappa shape index (κ1) is 23.3. The maximum absolute atomic E-state index is 12.8. The van der Waals surface area contributed by atoms with E-state index in [0.717, 1.165) is 27.9 Å². The largest absolute Gasteiger partial charge is 0.493 e. The van der Waals surface area contributed by atoms with Crippen molar-refractivity contribution in [1.82, 2.24) is 10.4 Å². The number of rotatable bonds is 7. The first-order valence-corrected chi connectivity index (χ1v) is 12.1. The molecule has 1 aromatic heterocycles. The average molecular weight is 517 g/mol. The standard InChI is InChI=1S/C23H17ClN2O4S3/c1-29-18-11-14(8-9-17(18)30-13-15-5-2-3-6-16(15)24)12-20-22(28)26(23(31)33-20)25-21(27)19-7-4-10-32-19/h2-12H,13H2,1H3,(H,25,27)/b20-12+. The van der Waals surface area contributed by atoms with Crippen molar-refractivity contribution in [2.45, 2.75) is 6.61 Å². The summed E-state index contributed by atoms with van der Waals surface area (Å²) in [5.41, 5.74) is 4.15. The number of hydrogen-bond acceptors (Lipinski definition) is 7. The van der Waals surface area contributed by atoms with Gasteiger partial charge in [-0.05, 0) is 53.5 Å². The average Bonchev–Trinajstić information content (AvgIpc) is 3.44. The minimum Gasteiger partial charge on any atom is -0.493 e. The number of benzene rings is 2. The predicted octanol–water partition coefficient (Wildman–Crippen LogP) is 5.54. The molecule has 0 aliphatic carbocycles. The number of amides is 2. The van der Waals surface area contributed by atoms with Crippen molar-refractivity contribution in [3.63, 3.8) is 0 Å². The van der Waals surface area contributed by atoms with Crippen molar-refractivity contribution in [3.05, 3.63) is 85.9 Å². The fraction of sp³-hybridized carbons (Fsp3) is 0.0870. The molecule has 3 aromatic rings. The lowest BCUT2D eigenvalue weighted by Gasteiger charge is -2.14. The molecular weight excluding hydrogens is 500 g/mol. The van der Waals surface area contributed by atoms with E-state index in [-0.39, 0.29) is 16.8 Å². The fourth-order valence-electron chi connectivity index (χ4n) is 2.94. The second kappa shape index (κ2) is 10.4. The van der Waals surface area contributed by atoms with Gasteiger partial charge in [0, 0.05) is 10.6 Å². The third-order valence-electron chi connectivity index (χ3n) is 4.58. The van der Waals surface area contributed by atoms with Crippen LogP contribution in [0.2, 0.25) is 5.02 Å². The number of halogens is 1. The predicted molar refractivity (Wildman–Crippen MR) is 136 cm³/mol. The van der Waals surface area contributed by atoms with Gasteiger partial charge >= 0.3 is 0 Å². The molecule has 1 aliphatic rings. The van der Waals surface area contributed by atoms with Gasteiger partial charge in [-0.3, -0.25) is 15.0 Å². The molecule has 168 valence electrons. The van der Waals surface area contributed by atoms with Crippen LogP contribution >= 0.6 is 46.9 Å². The molecule has 1 N–H and O–H groups in total. The molecule has 33 heavy (non-hydrogen) atoms. The number of hydrogen-bond donors (Lipinski definition) is 1. The normalized spacial score (nSPS) is 14.6. The van der Waals surface area contributed by atoms with Crippen LogP contribution in [0.5, 0.6) is 11.5 Å². The summed E-state index contributed by atoms with van der Waals surface area (Å²) >= 11 is 13.9. The molecule has 0 spiro atoms. The Labute approximate surface area is 209 Å². The first-order valence-electron chi connectivity index (χ1n) is 9.63. The number of nitrogens with zero attached hydrogens (tertiary/aromatic N) is 1. The van der Waals surface area contributed by atoms with Gasteiger partial charge in [-0.25, -0.2) is 0 Å². The number of thioether (sulfide) groups is 1. The van der Waals surface area contributed by atoms with Gasteiger partial charge in [-0.15, -0.1) is 11.3 Å². The van der Waals surface area contributed by atoms with E-state index < -0.39 is 5.91 Å². The number of nitrogens with one attached hydrogen (secondary N) is 1. The topological polar surface area (TPSA) is 67.9 Å². The first-order chi connectivity index (χ1) is 16.0. The van der Waals surface area contributed by atoms with Crippen molar-refractivity contribution in [2.24, 2.45) is 0 Å². The Morgan fingerprint density at radius 3 is 2.73 bits per heavy atom. The minimum atomic E-state index is -0.395. The highest BCUT2D eigenvalue weighted by Gasteiger charge is 2.34. The molecular formula is C23H17ClN2O4S3. The van der Waals surface area contributed by atoms with Crippen molar-refractivity contribution in [2.75, 3.05) is 7.11 Å². The van der Waals surface area contributed by atoms with Crippen LogP contribution in [0, 0.1) is 0 Å². The quantitative estimate of drug-likeness (QED) is 0.329. The van der Waals surface area contributed by atoms with Crippen LogP contribution in [0.15, 0.2) is 64.9 Å². The fourth-order valence-corrected chi connectivity index (χ4v) is 4.93. The van der Waals surface area contributed by atoms with Crippen LogP contribution in [0.4, 0.5) is 0 Å². The lowest BCUT2D eigenvalue weighted by molar-refractivity contribution is -0.123. The molecule has 6 nitrogen and oxygen atoms in total. The number of thiophene rings is 1. The summed E-state index contributed by atoms with van der Waals surface area (Å²) in [6.07, 6.45) is 1.69. The zero-order chi connectivity index (χ0) is 23.4. The maximum Gasteiger partial charge on any atom is 0.285 e. The van der Waals surface area contributed by atoms with Gasteiger partial charge in [0.15, 0.2) is 15.8 Å². The van der Waals surface area contributed by atoms with E-state index >= 15 is 0 Å². The minimum absolute atomic E-state index is 0.253. The molecule has 1 saturated heterocycles. The van der Waals surface area contributed by atoms with Crippen LogP contribution in [-0.4, -0.2) is 28.3 Å². The number of ether oxygens (including phenoxy) is 2. The van der Waals surface area contributed by atoms with E-state index in [9.17, 15) is 9.59 Å². The third-order valence-corrected chi connectivity index (χ3v) is 7.12. The Hall–Kier alpha value is -2.85. The van der Waals surface area contributed by atoms with Gasteiger partial charge in [-0.1, -0.05) is 53.7 Å². The van der Waals surface area contributed by atoms with E-state index in [0.29, 0.717) is 26.3 Å². The second-order valence-corrected chi connectivity index (χ2v) is 9.76. The molecule has 1 aliphatic heterocycles. The van der Waals surface area contributed by atoms with Crippen molar-refractivity contribution in [3.8, 4) is 11.5 Å². The molecule has 0 atom stereocenters. The smallest absolute Gasteiger partial charge is 0.285 e. The zero-order valence-corrected chi connectivity index (χ0v) is 20.4. The highest BCUT2D eigenvalue weighted by atomic mass is 35.5. The van der Waals surface area contributed by atoms with Gasteiger partial charge in [0.25, 0.3) is 11.8 Å². The number of thiocarbonyl (C=S) groups is 1. The summed E-state index contributed by atoms with van der Waals surface area (Å²) in [5.74, 6) is 0.278. The molecule has 1 fully saturated rings. The Kier molecular flexibility index (Phi) is 7.34. The molecule has 2 heterocycles. The third kappa shape index (κ3) is 5.39. The number of carbonyl (C=O) groups excluding carboxylic acids is 2. The van der Waals surface area contributed by atoms with Gasteiger partial charge in [0.1, 0.15) is 6.61 Å². The molecule has 10 heteroatoms. The van der Waals surface area contributed by atoms with Crippen molar-refractivity contribution >= 4 is 69.1 Å². The van der Waals surface area contributed by atoms with Crippen LogP contribution < -0.4 is 14.9 Å². The van der Waals surface area contributed by atoms with E-state index in [1.807, 2.05) is 18.2 Å². The maximum atomic E-state index is 12.8. The van der Waals surface area contributed by atoms with Gasteiger partial charge in [0.2, 0.25) is 0 Å². The molecule has 0 radical (unpaired) electrons. The van der Waals surface area contributed by atoms with Crippen LogP contribution in [0.25, 0.3) is 6.08 Å². The highest BCUT2D eigenvalue weighted by molar-refractivity contribution is 8.26. The number of methoxy groups -OCH3 is 1. The summed E-state index contributed by atoms with van der Waals surface area (Å²) in [4.78, 5) is 26.0. The summed E-state index contributed by atoms with van der Waals surface area (Å²) in [6.45, 7) is 0.290. The summed E-state index contributed by atoms with van der Waals surface area (Å²) in [6, 6.07) is 16.2. The lowest BCUT2D eigenvalue weighted by atomic mass is 10.2. The lowest BCUT2D eigenvalue weighted by Crippen LogP contribution is -2.44. The van der Waals surface area contributed by atoms with Crippen molar-refractivity contribution in [1.29, 1.82) is 0 Å². The van der Waals surface area contributed by atoms with Crippen molar-refractivity contribution < 1.29 is 19.1 Å². The Bertz CT molecular complexity index is 1240. The van der Waals surface area contributed by atoms with E-state index in [2.05, 4.69) is 5.43 Å². The Balaban J connectivity index is 1.48. The SMILES string of the molecule is COc1cc(/C=C2/SC(=S)N(NC(=O)c3cccs3)C2=O)ccc1OCc1ccccc1Cl. The van der Waals surface area contributed by atoms with Gasteiger partial charge < -0.3 is 9.47 Å². The molecule has 2 amide bonds. The van der Waals surface area contributed by atoms with Crippen LogP contribution in [0.3, 0.4) is 0 Å². The zero-order valence-electron chi connectivity index (χ0n) is 17.2. The Morgan fingerprint density at radius 2 is 2.00 bits per heavy atom. The molecule has 0 unspecified atom stereocenters. The summed E-state index contributed by atoms with van der Waals surface area (Å²) in [7, 11) is 1.54. The second-order valence-electron chi connectivity index (χ2n) is 6.73. The van der Waals surface area contributed by atoms with E-state index in [1.54, 1.807) is 55.0 Å². The number of carbonyl (C=O) groups is 2. The summed E-state index contributed by atoms with van der Waals surface area (Å²) < 4.78 is 11.6. The monoisotopic (exact) mass is 516 g/mol. The number of hydrazine groups is 1. The van der Waals surface area contributed by atoms with Gasteiger partial charge in [-0.2, -0.15) is 5.01 Å². The molecule has 0 bridgehead atoms. The van der Waals surface area contributed by atoms with Gasteiger partial charge in [0.05, 0.1) is 16.9 Å². The van der Waals surface area contributed by atoms with E-state index in [1.165, 1.54) is 11.3 Å². The molecule has 0 saturated carbocycles. The molecule has 2 aromatic carbocycles. The van der Waals surface area contributed by atoms with E-state index in [4.69, 9.17) is 33.3 Å². The molecule has 4 rings (SSSR count).